The number of hydrogen-bond acceptors (Lipinski definition) is 2. The summed E-state index contributed by atoms with van der Waals surface area (Å²) in [5.41, 5.74) is 3.84. The van der Waals surface area contributed by atoms with Gasteiger partial charge >= 0.3 is 0 Å². The van der Waals surface area contributed by atoms with E-state index in [4.69, 9.17) is 0 Å². The Morgan fingerprint density at radius 1 is 0.593 bits per heavy atom. The minimum atomic E-state index is -0.294. The van der Waals surface area contributed by atoms with E-state index in [1.54, 1.807) is 11.3 Å². The van der Waals surface area contributed by atoms with Crippen LogP contribution in [0.3, 0.4) is 0 Å². The van der Waals surface area contributed by atoms with Crippen molar-refractivity contribution in [1.82, 2.24) is 0 Å². The van der Waals surface area contributed by atoms with Gasteiger partial charge in [-0.1, -0.05) is 97.1 Å². The molecule has 0 unspecified atom stereocenters. The number of rotatable bonds is 6. The maximum absolute atomic E-state index is 2.23. The predicted molar refractivity (Wildman–Crippen MR) is 120 cm³/mol. The zero-order valence-electron chi connectivity index (χ0n) is 14.9. The molecule has 2 heteroatoms. The average molecular weight is 385 g/mol. The van der Waals surface area contributed by atoms with Crippen LogP contribution >= 0.6 is 23.1 Å². The first-order valence-electron chi connectivity index (χ1n) is 8.94. The lowest BCUT2D eigenvalue weighted by Gasteiger charge is -2.34. The zero-order valence-corrected chi connectivity index (χ0v) is 16.5. The average Bonchev–Trinajstić information content (AvgIpc) is 3.27. The van der Waals surface area contributed by atoms with Crippen LogP contribution in [-0.2, 0) is 4.75 Å². The number of thioether (sulfide) groups is 1. The second-order valence-corrected chi connectivity index (χ2v) is 8.31. The summed E-state index contributed by atoms with van der Waals surface area (Å²) in [5, 5.41) is 4.35. The zero-order chi connectivity index (χ0) is 18.4. The van der Waals surface area contributed by atoms with Crippen LogP contribution in [0.1, 0.15) is 21.6 Å². The summed E-state index contributed by atoms with van der Waals surface area (Å²) in [6.07, 6.45) is 2.21. The highest BCUT2D eigenvalue weighted by Gasteiger charge is 2.36. The van der Waals surface area contributed by atoms with Crippen molar-refractivity contribution in [2.45, 2.75) is 4.75 Å². The largest absolute Gasteiger partial charge is 0.144 e. The summed E-state index contributed by atoms with van der Waals surface area (Å²) >= 11 is 3.61. The first-order chi connectivity index (χ1) is 13.4. The van der Waals surface area contributed by atoms with Crippen molar-refractivity contribution in [2.75, 3.05) is 0 Å². The van der Waals surface area contributed by atoms with Crippen LogP contribution in [0.15, 0.2) is 114 Å². The van der Waals surface area contributed by atoms with Crippen LogP contribution in [0.5, 0.6) is 0 Å². The van der Waals surface area contributed by atoms with Crippen LogP contribution in [0.4, 0.5) is 0 Å². The van der Waals surface area contributed by atoms with Crippen molar-refractivity contribution < 1.29 is 0 Å². The topological polar surface area (TPSA) is 0 Å². The molecule has 4 aromatic rings. The molecule has 1 aromatic heterocycles. The van der Waals surface area contributed by atoms with Crippen LogP contribution in [0, 0.1) is 0 Å². The van der Waals surface area contributed by atoms with E-state index >= 15 is 0 Å². The van der Waals surface area contributed by atoms with E-state index in [9.17, 15) is 0 Å². The third kappa shape index (κ3) is 3.78. The molecule has 0 nitrogen and oxygen atoms in total. The van der Waals surface area contributed by atoms with Crippen molar-refractivity contribution in [2.24, 2.45) is 0 Å². The molecule has 0 amide bonds. The first kappa shape index (κ1) is 17.8. The quantitative estimate of drug-likeness (QED) is 0.311. The highest BCUT2D eigenvalue weighted by Crippen LogP contribution is 2.49. The van der Waals surface area contributed by atoms with Gasteiger partial charge in [0.1, 0.15) is 0 Å². The standard InChI is InChI=1S/C25H20S2/c1-4-11-21(12-5-1)25(22-13-6-2-7-14-22,23-15-8-3-9-16-23)27-20-18-24-17-10-19-26-24/h1-20H/b20-18-. The molecule has 27 heavy (non-hydrogen) atoms. The number of benzene rings is 3. The summed E-state index contributed by atoms with van der Waals surface area (Å²) in [6, 6.07) is 36.6. The molecule has 0 spiro atoms. The fraction of sp³-hybridized carbons (Fsp3) is 0.0400. The lowest BCUT2D eigenvalue weighted by molar-refractivity contribution is 0.900. The molecule has 3 aromatic carbocycles. The van der Waals surface area contributed by atoms with Gasteiger partial charge in [-0.05, 0) is 39.6 Å². The number of thiophene rings is 1. The minimum absolute atomic E-state index is 0.294. The Morgan fingerprint density at radius 3 is 1.48 bits per heavy atom. The van der Waals surface area contributed by atoms with Crippen molar-refractivity contribution >= 4 is 29.2 Å². The molecule has 0 aliphatic carbocycles. The van der Waals surface area contributed by atoms with Crippen molar-refractivity contribution in [3.05, 3.63) is 135 Å². The highest BCUT2D eigenvalue weighted by molar-refractivity contribution is 8.03. The van der Waals surface area contributed by atoms with Gasteiger partial charge in [-0.15, -0.1) is 23.1 Å². The molecule has 0 aliphatic heterocycles. The van der Waals surface area contributed by atoms with Crippen molar-refractivity contribution in [3.8, 4) is 0 Å². The third-order valence-electron chi connectivity index (χ3n) is 4.56. The lowest BCUT2D eigenvalue weighted by Crippen LogP contribution is -2.24. The van der Waals surface area contributed by atoms with Gasteiger partial charge in [0.25, 0.3) is 0 Å². The van der Waals surface area contributed by atoms with E-state index < -0.39 is 0 Å². The SMILES string of the molecule is C(=C/c1cccs1)/SC(c1ccccc1)(c1ccccc1)c1ccccc1. The van der Waals surface area contributed by atoms with Gasteiger partial charge in [-0.25, -0.2) is 0 Å². The number of hydrogen-bond donors (Lipinski definition) is 0. The van der Waals surface area contributed by atoms with Gasteiger partial charge in [-0.3, -0.25) is 0 Å². The molecular formula is C25H20S2. The molecular weight excluding hydrogens is 364 g/mol. The second kappa shape index (κ2) is 8.43. The van der Waals surface area contributed by atoms with E-state index in [2.05, 4.69) is 120 Å². The van der Waals surface area contributed by atoms with E-state index in [0.717, 1.165) is 0 Å². The molecule has 0 saturated carbocycles. The van der Waals surface area contributed by atoms with Crippen LogP contribution in [0.25, 0.3) is 6.08 Å². The summed E-state index contributed by atoms with van der Waals surface area (Å²) in [5.74, 6) is 0. The smallest absolute Gasteiger partial charge is 0.0948 e. The minimum Gasteiger partial charge on any atom is -0.144 e. The maximum atomic E-state index is 2.23. The maximum Gasteiger partial charge on any atom is 0.0948 e. The Balaban J connectivity index is 1.89. The Hall–Kier alpha value is -2.55. The van der Waals surface area contributed by atoms with Crippen LogP contribution in [0.2, 0.25) is 0 Å². The molecule has 0 aliphatic rings. The van der Waals surface area contributed by atoms with Gasteiger partial charge in [0.2, 0.25) is 0 Å². The van der Waals surface area contributed by atoms with Gasteiger partial charge < -0.3 is 0 Å². The summed E-state index contributed by atoms with van der Waals surface area (Å²) in [6.45, 7) is 0. The van der Waals surface area contributed by atoms with Gasteiger partial charge in [0.15, 0.2) is 0 Å². The normalized spacial score (nSPS) is 11.7. The van der Waals surface area contributed by atoms with E-state index in [1.807, 2.05) is 11.8 Å². The Labute approximate surface area is 169 Å². The molecule has 0 bridgehead atoms. The van der Waals surface area contributed by atoms with E-state index in [1.165, 1.54) is 21.6 Å². The highest BCUT2D eigenvalue weighted by atomic mass is 32.2. The Kier molecular flexibility index (Phi) is 5.57. The Bertz CT molecular complexity index is 876. The van der Waals surface area contributed by atoms with Gasteiger partial charge in [0, 0.05) is 4.88 Å². The molecule has 4 rings (SSSR count). The molecule has 0 saturated heterocycles. The van der Waals surface area contributed by atoms with Crippen molar-refractivity contribution in [3.63, 3.8) is 0 Å². The molecule has 0 radical (unpaired) electrons. The third-order valence-corrected chi connectivity index (χ3v) is 6.73. The van der Waals surface area contributed by atoms with E-state index in [0.29, 0.717) is 0 Å². The molecule has 0 fully saturated rings. The molecule has 0 atom stereocenters. The van der Waals surface area contributed by atoms with E-state index in [-0.39, 0.29) is 4.75 Å². The van der Waals surface area contributed by atoms with Gasteiger partial charge in [0.05, 0.1) is 4.75 Å². The monoisotopic (exact) mass is 384 g/mol. The summed E-state index contributed by atoms with van der Waals surface area (Å²) in [4.78, 5) is 1.27. The van der Waals surface area contributed by atoms with Gasteiger partial charge in [-0.2, -0.15) is 0 Å². The fourth-order valence-corrected chi connectivity index (χ4v) is 5.25. The van der Waals surface area contributed by atoms with Crippen LogP contribution in [-0.4, -0.2) is 0 Å². The predicted octanol–water partition coefficient (Wildman–Crippen LogP) is 7.44. The summed E-state index contributed by atoms with van der Waals surface area (Å²) < 4.78 is -0.294. The first-order valence-corrected chi connectivity index (χ1v) is 10.7. The summed E-state index contributed by atoms with van der Waals surface area (Å²) in [7, 11) is 0. The molecule has 132 valence electrons. The molecule has 0 N–H and O–H groups in total. The second-order valence-electron chi connectivity index (χ2n) is 6.22. The Morgan fingerprint density at radius 2 is 1.07 bits per heavy atom. The molecule has 1 heterocycles. The lowest BCUT2D eigenvalue weighted by atomic mass is 9.84. The van der Waals surface area contributed by atoms with Crippen LogP contribution < -0.4 is 0 Å². The van der Waals surface area contributed by atoms with Crippen molar-refractivity contribution in [1.29, 1.82) is 0 Å². The fourth-order valence-electron chi connectivity index (χ4n) is 3.31.